The molecule has 170 valence electrons. The second kappa shape index (κ2) is 10.5. The summed E-state index contributed by atoms with van der Waals surface area (Å²) in [5.41, 5.74) is 0.735. The predicted octanol–water partition coefficient (Wildman–Crippen LogP) is 3.99. The Balaban J connectivity index is 1.69. The van der Waals surface area contributed by atoms with Crippen LogP contribution in [-0.4, -0.2) is 36.9 Å². The quantitative estimate of drug-likeness (QED) is 0.496. The van der Waals surface area contributed by atoms with Gasteiger partial charge in [0.1, 0.15) is 11.8 Å². The zero-order valence-corrected chi connectivity index (χ0v) is 19.1. The topological polar surface area (TPSA) is 117 Å². The maximum absolute atomic E-state index is 12.8. The highest BCUT2D eigenvalue weighted by Gasteiger charge is 2.32. The van der Waals surface area contributed by atoms with Crippen molar-refractivity contribution in [2.24, 2.45) is 0 Å². The molecule has 0 bridgehead atoms. The van der Waals surface area contributed by atoms with E-state index < -0.39 is 18.0 Å². The van der Waals surface area contributed by atoms with E-state index >= 15 is 0 Å². The number of nitrogens with zero attached hydrogens (tertiary/aromatic N) is 1. The molecule has 3 N–H and O–H groups in total. The number of anilines is 3. The second-order valence-corrected chi connectivity index (χ2v) is 8.76. The summed E-state index contributed by atoms with van der Waals surface area (Å²) >= 11 is 7.08. The highest BCUT2D eigenvalue weighted by atomic mass is 35.5. The lowest BCUT2D eigenvalue weighted by molar-refractivity contribution is -0.121. The number of ether oxygens (including phenoxy) is 1. The first-order valence-corrected chi connectivity index (χ1v) is 11.2. The Hall–Kier alpha value is -3.11. The summed E-state index contributed by atoms with van der Waals surface area (Å²) in [6.07, 6.45) is 1.41. The number of urea groups is 1. The number of nitrogens with one attached hydrogen (secondary N) is 3. The molecule has 5 amide bonds. The van der Waals surface area contributed by atoms with E-state index in [2.05, 4.69) is 16.0 Å². The number of carbonyl (C=O) groups is 4. The van der Waals surface area contributed by atoms with Crippen molar-refractivity contribution in [3.05, 3.63) is 34.7 Å². The molecule has 0 saturated carbocycles. The maximum atomic E-state index is 12.8. The minimum Gasteiger partial charge on any atom is -0.494 e. The average Bonchev–Trinajstić information content (AvgIpc) is 3.31. The van der Waals surface area contributed by atoms with Crippen molar-refractivity contribution in [1.29, 1.82) is 0 Å². The fourth-order valence-electron chi connectivity index (χ4n) is 3.26. The molecule has 11 heteroatoms. The van der Waals surface area contributed by atoms with Crippen LogP contribution in [0.4, 0.5) is 21.2 Å². The van der Waals surface area contributed by atoms with E-state index in [4.69, 9.17) is 16.3 Å². The molecule has 1 atom stereocenters. The zero-order chi connectivity index (χ0) is 23.3. The van der Waals surface area contributed by atoms with Gasteiger partial charge in [-0.25, -0.2) is 9.69 Å². The minimum atomic E-state index is -0.775. The first-order chi connectivity index (χ1) is 15.3. The number of halogens is 1. The molecule has 32 heavy (non-hydrogen) atoms. The lowest BCUT2D eigenvalue weighted by Gasteiger charge is -2.20. The number of hydrogen-bond acceptors (Lipinski definition) is 6. The van der Waals surface area contributed by atoms with Crippen LogP contribution in [0.2, 0.25) is 4.34 Å². The molecular formula is C21H23ClN4O5S. The Bertz CT molecular complexity index is 1020. The molecule has 0 radical (unpaired) electrons. The number of hydrogen-bond donors (Lipinski definition) is 3. The molecule has 1 unspecified atom stereocenters. The number of methoxy groups -OCH3 is 1. The number of rotatable bonds is 8. The number of benzene rings is 1. The summed E-state index contributed by atoms with van der Waals surface area (Å²) in [7, 11) is 1.41. The summed E-state index contributed by atoms with van der Waals surface area (Å²) < 4.78 is 5.87. The van der Waals surface area contributed by atoms with E-state index in [-0.39, 0.29) is 30.4 Å². The van der Waals surface area contributed by atoms with Gasteiger partial charge >= 0.3 is 6.03 Å². The summed E-state index contributed by atoms with van der Waals surface area (Å²) in [5.74, 6) is -0.723. The Morgan fingerprint density at radius 2 is 1.88 bits per heavy atom. The third kappa shape index (κ3) is 5.57. The van der Waals surface area contributed by atoms with Gasteiger partial charge in [0.05, 0.1) is 22.1 Å². The zero-order valence-electron chi connectivity index (χ0n) is 17.6. The molecule has 9 nitrogen and oxygen atoms in total. The fraction of sp³-hybridized carbons (Fsp3) is 0.333. The van der Waals surface area contributed by atoms with Crippen LogP contribution in [0.25, 0.3) is 0 Å². The van der Waals surface area contributed by atoms with Crippen molar-refractivity contribution in [2.45, 2.75) is 38.6 Å². The molecule has 1 saturated heterocycles. The molecule has 0 aliphatic carbocycles. The SMILES string of the molecule is CCCC(NC(=O)Nc1ccc(Cl)s1)C(=O)Nc1ccc(N2C(=O)CCC2=O)c(OC)c1. The monoisotopic (exact) mass is 478 g/mol. The second-order valence-electron chi connectivity index (χ2n) is 7.04. The number of amides is 5. The smallest absolute Gasteiger partial charge is 0.320 e. The maximum Gasteiger partial charge on any atom is 0.320 e. The molecule has 2 aromatic rings. The Morgan fingerprint density at radius 1 is 1.16 bits per heavy atom. The lowest BCUT2D eigenvalue weighted by Crippen LogP contribution is -2.45. The van der Waals surface area contributed by atoms with E-state index in [0.717, 1.165) is 4.90 Å². The van der Waals surface area contributed by atoms with Crippen LogP contribution < -0.4 is 25.6 Å². The van der Waals surface area contributed by atoms with Crippen LogP contribution in [0.3, 0.4) is 0 Å². The van der Waals surface area contributed by atoms with Crippen molar-refractivity contribution >= 4 is 63.1 Å². The Labute approximate surface area is 194 Å². The molecule has 2 heterocycles. The van der Waals surface area contributed by atoms with Crippen molar-refractivity contribution < 1.29 is 23.9 Å². The number of thiophene rings is 1. The van der Waals surface area contributed by atoms with Crippen LogP contribution in [0, 0.1) is 0 Å². The number of imide groups is 1. The van der Waals surface area contributed by atoms with Crippen molar-refractivity contribution in [3.8, 4) is 5.75 Å². The standard InChI is InChI=1S/C21H23ClN4O5S/c1-3-4-13(24-21(30)25-17-8-7-16(22)32-17)20(29)23-12-5-6-14(15(11-12)31-2)26-18(27)9-10-19(26)28/h5-8,11,13H,3-4,9-10H2,1-2H3,(H,23,29)(H2,24,25,30). The largest absolute Gasteiger partial charge is 0.494 e. The molecule has 1 aromatic heterocycles. The van der Waals surface area contributed by atoms with Gasteiger partial charge in [-0.2, -0.15) is 0 Å². The molecular weight excluding hydrogens is 456 g/mol. The van der Waals surface area contributed by atoms with Gasteiger partial charge in [-0.3, -0.25) is 19.7 Å². The van der Waals surface area contributed by atoms with E-state index in [0.29, 0.717) is 33.6 Å². The van der Waals surface area contributed by atoms with Crippen molar-refractivity contribution in [3.63, 3.8) is 0 Å². The average molecular weight is 479 g/mol. The van der Waals surface area contributed by atoms with Gasteiger partial charge < -0.3 is 15.4 Å². The Morgan fingerprint density at radius 3 is 2.47 bits per heavy atom. The third-order valence-electron chi connectivity index (χ3n) is 4.75. The van der Waals surface area contributed by atoms with Crippen LogP contribution in [0.1, 0.15) is 32.6 Å². The molecule has 1 aromatic carbocycles. The predicted molar refractivity (Wildman–Crippen MR) is 124 cm³/mol. The molecule has 3 rings (SSSR count). The van der Waals surface area contributed by atoms with Crippen LogP contribution in [0.15, 0.2) is 30.3 Å². The first-order valence-electron chi connectivity index (χ1n) is 10.00. The van der Waals surface area contributed by atoms with E-state index in [1.165, 1.54) is 24.5 Å². The normalized spacial score (nSPS) is 14.3. The van der Waals surface area contributed by atoms with E-state index in [1.54, 1.807) is 24.3 Å². The highest BCUT2D eigenvalue weighted by Crippen LogP contribution is 2.34. The molecule has 1 fully saturated rings. The summed E-state index contributed by atoms with van der Waals surface area (Å²) in [5, 5.41) is 8.63. The van der Waals surface area contributed by atoms with Crippen molar-refractivity contribution in [2.75, 3.05) is 22.6 Å². The van der Waals surface area contributed by atoms with Crippen LogP contribution in [-0.2, 0) is 14.4 Å². The van der Waals surface area contributed by atoms with Gasteiger partial charge in [0.2, 0.25) is 17.7 Å². The van der Waals surface area contributed by atoms with Gasteiger partial charge in [0.25, 0.3) is 0 Å². The van der Waals surface area contributed by atoms with Gasteiger partial charge in [0, 0.05) is 24.6 Å². The fourth-order valence-corrected chi connectivity index (χ4v) is 4.20. The summed E-state index contributed by atoms with van der Waals surface area (Å²) in [6.45, 7) is 1.90. The van der Waals surface area contributed by atoms with Crippen molar-refractivity contribution in [1.82, 2.24) is 5.32 Å². The Kier molecular flexibility index (Phi) is 7.70. The summed E-state index contributed by atoms with van der Waals surface area (Å²) in [4.78, 5) is 50.3. The van der Waals surface area contributed by atoms with Gasteiger partial charge in [-0.1, -0.05) is 24.9 Å². The molecule has 1 aliphatic heterocycles. The lowest BCUT2D eigenvalue weighted by atomic mass is 10.1. The van der Waals surface area contributed by atoms with Gasteiger partial charge in [-0.15, -0.1) is 11.3 Å². The third-order valence-corrected chi connectivity index (χ3v) is 5.90. The van der Waals surface area contributed by atoms with Crippen LogP contribution in [0.5, 0.6) is 5.75 Å². The van der Waals surface area contributed by atoms with Gasteiger partial charge in [-0.05, 0) is 30.7 Å². The summed E-state index contributed by atoms with van der Waals surface area (Å²) in [6, 6.07) is 6.70. The van der Waals surface area contributed by atoms with Crippen LogP contribution >= 0.6 is 22.9 Å². The van der Waals surface area contributed by atoms with E-state index in [9.17, 15) is 19.2 Å². The molecule has 0 spiro atoms. The first kappa shape index (κ1) is 23.6. The minimum absolute atomic E-state index is 0.157. The van der Waals surface area contributed by atoms with E-state index in [1.807, 2.05) is 6.92 Å². The highest BCUT2D eigenvalue weighted by molar-refractivity contribution is 7.20. The molecule has 1 aliphatic rings. The number of carbonyl (C=O) groups excluding carboxylic acids is 4. The van der Waals surface area contributed by atoms with Gasteiger partial charge in [0.15, 0.2) is 0 Å².